The number of anilines is 1. The molecular formula is C12H10BrClN2O. The zero-order chi connectivity index (χ0) is 12.4. The minimum Gasteiger partial charge on any atom is -0.398 e. The molecule has 0 spiro atoms. The third-order valence-electron chi connectivity index (χ3n) is 2.36. The highest BCUT2D eigenvalue weighted by Gasteiger charge is 2.01. The van der Waals surface area contributed by atoms with E-state index >= 15 is 0 Å². The number of hydrogen-bond donors (Lipinski definition) is 1. The van der Waals surface area contributed by atoms with Crippen molar-refractivity contribution in [1.29, 1.82) is 0 Å². The molecule has 3 nitrogen and oxygen atoms in total. The van der Waals surface area contributed by atoms with E-state index in [2.05, 4.69) is 15.9 Å². The third-order valence-corrected chi connectivity index (χ3v) is 3.17. The predicted octanol–water partition coefficient (Wildman–Crippen LogP) is 2.89. The second kappa shape index (κ2) is 4.94. The van der Waals surface area contributed by atoms with Crippen LogP contribution in [0.2, 0.25) is 5.02 Å². The van der Waals surface area contributed by atoms with Crippen molar-refractivity contribution in [3.8, 4) is 0 Å². The molecule has 0 radical (unpaired) electrons. The molecule has 0 aliphatic rings. The standard InChI is InChI=1S/C12H10BrClN2O/c13-9-2-4-12(17)16(7-9)6-8-1-3-10(14)11(15)5-8/h1-5,7H,6,15H2. The topological polar surface area (TPSA) is 48.0 Å². The van der Waals surface area contributed by atoms with Crippen LogP contribution in [0.15, 0.2) is 45.8 Å². The maximum Gasteiger partial charge on any atom is 0.250 e. The van der Waals surface area contributed by atoms with Gasteiger partial charge in [0.05, 0.1) is 17.3 Å². The number of hydrogen-bond acceptors (Lipinski definition) is 2. The van der Waals surface area contributed by atoms with Crippen molar-refractivity contribution in [1.82, 2.24) is 4.57 Å². The van der Waals surface area contributed by atoms with Gasteiger partial charge in [-0.05, 0) is 39.7 Å². The quantitative estimate of drug-likeness (QED) is 0.867. The van der Waals surface area contributed by atoms with Crippen molar-refractivity contribution in [3.63, 3.8) is 0 Å². The van der Waals surface area contributed by atoms with Crippen LogP contribution in [-0.2, 0) is 6.54 Å². The Morgan fingerprint density at radius 3 is 2.76 bits per heavy atom. The summed E-state index contributed by atoms with van der Waals surface area (Å²) < 4.78 is 2.46. The number of aromatic nitrogens is 1. The smallest absolute Gasteiger partial charge is 0.250 e. The minimum atomic E-state index is -0.0540. The first kappa shape index (κ1) is 12.2. The first-order valence-electron chi connectivity index (χ1n) is 4.96. The molecule has 0 atom stereocenters. The van der Waals surface area contributed by atoms with Gasteiger partial charge in [0.25, 0.3) is 5.56 Å². The molecule has 88 valence electrons. The molecule has 2 rings (SSSR count). The molecule has 0 amide bonds. The van der Waals surface area contributed by atoms with Crippen molar-refractivity contribution in [2.75, 3.05) is 5.73 Å². The van der Waals surface area contributed by atoms with Crippen molar-refractivity contribution >= 4 is 33.2 Å². The fourth-order valence-electron chi connectivity index (χ4n) is 1.51. The van der Waals surface area contributed by atoms with E-state index in [1.54, 1.807) is 29.0 Å². The fourth-order valence-corrected chi connectivity index (χ4v) is 2.01. The highest BCUT2D eigenvalue weighted by Crippen LogP contribution is 2.19. The summed E-state index contributed by atoms with van der Waals surface area (Å²) >= 11 is 9.17. The van der Waals surface area contributed by atoms with E-state index in [-0.39, 0.29) is 5.56 Å². The van der Waals surface area contributed by atoms with Gasteiger partial charge in [0.2, 0.25) is 0 Å². The summed E-state index contributed by atoms with van der Waals surface area (Å²) in [5, 5.41) is 0.523. The molecule has 0 bridgehead atoms. The monoisotopic (exact) mass is 312 g/mol. The van der Waals surface area contributed by atoms with Gasteiger partial charge >= 0.3 is 0 Å². The number of pyridine rings is 1. The average molecular weight is 314 g/mol. The lowest BCUT2D eigenvalue weighted by molar-refractivity contribution is 0.756. The normalized spacial score (nSPS) is 10.5. The third kappa shape index (κ3) is 2.90. The molecule has 0 aliphatic carbocycles. The van der Waals surface area contributed by atoms with Gasteiger partial charge in [-0.25, -0.2) is 0 Å². The first-order valence-corrected chi connectivity index (χ1v) is 6.13. The first-order chi connectivity index (χ1) is 8.06. The molecule has 0 saturated carbocycles. The zero-order valence-corrected chi connectivity index (χ0v) is 11.2. The van der Waals surface area contributed by atoms with E-state index in [4.69, 9.17) is 17.3 Å². The Labute approximate surface area is 112 Å². The SMILES string of the molecule is Nc1cc(Cn2cc(Br)ccc2=O)ccc1Cl. The van der Waals surface area contributed by atoms with Crippen molar-refractivity contribution in [3.05, 3.63) is 61.9 Å². The van der Waals surface area contributed by atoms with Crippen LogP contribution in [0, 0.1) is 0 Å². The second-order valence-electron chi connectivity index (χ2n) is 3.67. The van der Waals surface area contributed by atoms with Gasteiger partial charge < -0.3 is 10.3 Å². The molecule has 17 heavy (non-hydrogen) atoms. The summed E-state index contributed by atoms with van der Waals surface area (Å²) in [6, 6.07) is 8.59. The van der Waals surface area contributed by atoms with Crippen LogP contribution in [0.25, 0.3) is 0 Å². The highest BCUT2D eigenvalue weighted by molar-refractivity contribution is 9.10. The fraction of sp³-hybridized carbons (Fsp3) is 0.0833. The van der Waals surface area contributed by atoms with Crippen LogP contribution in [0.1, 0.15) is 5.56 Å². The summed E-state index contributed by atoms with van der Waals surface area (Å²) in [7, 11) is 0. The lowest BCUT2D eigenvalue weighted by Crippen LogP contribution is -2.18. The summed E-state index contributed by atoms with van der Waals surface area (Å²) in [5.74, 6) is 0. The predicted molar refractivity (Wildman–Crippen MR) is 73.4 cm³/mol. The number of halogens is 2. The summed E-state index contributed by atoms with van der Waals surface area (Å²) in [6.45, 7) is 0.472. The van der Waals surface area contributed by atoms with E-state index in [1.165, 1.54) is 6.07 Å². The van der Waals surface area contributed by atoms with Gasteiger partial charge in [-0.2, -0.15) is 0 Å². The summed E-state index contributed by atoms with van der Waals surface area (Å²) in [4.78, 5) is 11.6. The second-order valence-corrected chi connectivity index (χ2v) is 4.99. The molecular weight excluding hydrogens is 304 g/mol. The molecule has 2 aromatic rings. The Kier molecular flexibility index (Phi) is 3.54. The van der Waals surface area contributed by atoms with E-state index in [1.807, 2.05) is 6.07 Å². The van der Waals surface area contributed by atoms with E-state index in [0.29, 0.717) is 17.3 Å². The molecule has 2 N–H and O–H groups in total. The Bertz CT molecular complexity index is 610. The molecule has 1 aromatic carbocycles. The largest absolute Gasteiger partial charge is 0.398 e. The van der Waals surface area contributed by atoms with Crippen LogP contribution in [0.3, 0.4) is 0 Å². The summed E-state index contributed by atoms with van der Waals surface area (Å²) in [6.07, 6.45) is 1.74. The van der Waals surface area contributed by atoms with Gasteiger partial charge in [0, 0.05) is 16.7 Å². The maximum absolute atomic E-state index is 11.6. The maximum atomic E-state index is 11.6. The lowest BCUT2D eigenvalue weighted by atomic mass is 10.2. The Morgan fingerprint density at radius 1 is 1.29 bits per heavy atom. The van der Waals surface area contributed by atoms with Crippen molar-refractivity contribution < 1.29 is 0 Å². The molecule has 1 aromatic heterocycles. The minimum absolute atomic E-state index is 0.0540. The van der Waals surface area contributed by atoms with E-state index < -0.39 is 0 Å². The van der Waals surface area contributed by atoms with E-state index in [9.17, 15) is 4.79 Å². The van der Waals surface area contributed by atoms with Gasteiger partial charge in [-0.3, -0.25) is 4.79 Å². The number of benzene rings is 1. The Morgan fingerprint density at radius 2 is 2.06 bits per heavy atom. The van der Waals surface area contributed by atoms with Crippen molar-refractivity contribution in [2.45, 2.75) is 6.54 Å². The highest BCUT2D eigenvalue weighted by atomic mass is 79.9. The molecule has 0 unspecified atom stereocenters. The van der Waals surface area contributed by atoms with Crippen LogP contribution >= 0.6 is 27.5 Å². The Hall–Kier alpha value is -1.26. The van der Waals surface area contributed by atoms with E-state index in [0.717, 1.165) is 10.0 Å². The summed E-state index contributed by atoms with van der Waals surface area (Å²) in [5.41, 5.74) is 7.12. The molecule has 0 saturated heterocycles. The number of nitrogens with two attached hydrogens (primary N) is 1. The molecule has 1 heterocycles. The number of rotatable bonds is 2. The zero-order valence-electron chi connectivity index (χ0n) is 8.86. The van der Waals surface area contributed by atoms with Crippen LogP contribution in [-0.4, -0.2) is 4.57 Å². The van der Waals surface area contributed by atoms with Crippen LogP contribution < -0.4 is 11.3 Å². The van der Waals surface area contributed by atoms with Gasteiger partial charge in [-0.15, -0.1) is 0 Å². The Balaban J connectivity index is 2.34. The number of nitrogens with zero attached hydrogens (tertiary/aromatic N) is 1. The van der Waals surface area contributed by atoms with Gasteiger partial charge in [0.15, 0.2) is 0 Å². The molecule has 0 fully saturated rings. The molecule has 5 heteroatoms. The van der Waals surface area contributed by atoms with Gasteiger partial charge in [-0.1, -0.05) is 17.7 Å². The van der Waals surface area contributed by atoms with Crippen LogP contribution in [0.4, 0.5) is 5.69 Å². The van der Waals surface area contributed by atoms with Crippen molar-refractivity contribution in [2.24, 2.45) is 0 Å². The molecule has 0 aliphatic heterocycles. The lowest BCUT2D eigenvalue weighted by Gasteiger charge is -2.07. The van der Waals surface area contributed by atoms with Crippen LogP contribution in [0.5, 0.6) is 0 Å². The average Bonchev–Trinajstić information content (AvgIpc) is 2.29. The number of nitrogen functional groups attached to an aromatic ring is 1. The van der Waals surface area contributed by atoms with Gasteiger partial charge in [0.1, 0.15) is 0 Å².